The first-order chi connectivity index (χ1) is 11.2. The van der Waals surface area contributed by atoms with E-state index in [0.717, 1.165) is 23.0 Å². The first-order valence-electron chi connectivity index (χ1n) is 7.54. The molecule has 0 bridgehead atoms. The van der Waals surface area contributed by atoms with E-state index in [9.17, 15) is 0 Å². The van der Waals surface area contributed by atoms with Gasteiger partial charge in [-0.1, -0.05) is 47.1 Å². The number of H-pyrrole nitrogens is 1. The minimum atomic E-state index is 0.223. The van der Waals surface area contributed by atoms with Crippen LogP contribution in [0.3, 0.4) is 0 Å². The fourth-order valence-corrected chi connectivity index (χ4v) is 2.49. The Morgan fingerprint density at radius 1 is 1.09 bits per heavy atom. The predicted octanol–water partition coefficient (Wildman–Crippen LogP) is 2.78. The van der Waals surface area contributed by atoms with Crippen LogP contribution >= 0.6 is 0 Å². The van der Waals surface area contributed by atoms with Crippen molar-refractivity contribution in [2.75, 3.05) is 6.54 Å². The van der Waals surface area contributed by atoms with E-state index in [4.69, 9.17) is 5.41 Å². The molecule has 23 heavy (non-hydrogen) atoms. The molecule has 4 N–H and O–H groups in total. The molecule has 0 saturated heterocycles. The Kier molecular flexibility index (Phi) is 4.38. The molecule has 1 aromatic heterocycles. The Hall–Kier alpha value is -3.08. The van der Waals surface area contributed by atoms with Crippen molar-refractivity contribution in [3.05, 3.63) is 66.4 Å². The molecule has 0 aliphatic heterocycles. The zero-order valence-corrected chi connectivity index (χ0v) is 12.8. The van der Waals surface area contributed by atoms with E-state index in [1.807, 2.05) is 48.7 Å². The van der Waals surface area contributed by atoms with Crippen molar-refractivity contribution in [1.29, 1.82) is 5.41 Å². The van der Waals surface area contributed by atoms with Crippen molar-refractivity contribution >= 4 is 29.3 Å². The normalized spacial score (nSPS) is 10.4. The zero-order valence-electron chi connectivity index (χ0n) is 12.8. The highest BCUT2D eigenvalue weighted by molar-refractivity contribution is 5.89. The highest BCUT2D eigenvalue weighted by Crippen LogP contribution is 2.23. The standard InChI is InChI=1S/C18H20N5/c1-23(17-13-21-16-10-6-5-9-15(16)17)22-18(19)20-12-11-14-7-3-2-4-8-14/h2-10,13,21H,1,11-12H2,(H3,19,20,22)/q+1. The summed E-state index contributed by atoms with van der Waals surface area (Å²) < 4.78 is 1.59. The van der Waals surface area contributed by atoms with Gasteiger partial charge in [0.15, 0.2) is 6.72 Å². The van der Waals surface area contributed by atoms with Gasteiger partial charge in [0.05, 0.1) is 17.1 Å². The SMILES string of the molecule is C=[N+](NC(=N)NCCc1ccccc1)c1c[nH]c2ccccc12. The minimum absolute atomic E-state index is 0.223. The number of guanidine groups is 1. The molecule has 0 fully saturated rings. The van der Waals surface area contributed by atoms with Gasteiger partial charge in [-0.2, -0.15) is 0 Å². The molecular formula is C18H20N5+. The number of hydrazine groups is 1. The lowest BCUT2D eigenvalue weighted by Crippen LogP contribution is -2.41. The molecule has 0 amide bonds. The average molecular weight is 306 g/mol. The Balaban J connectivity index is 1.54. The van der Waals surface area contributed by atoms with Gasteiger partial charge in [0.1, 0.15) is 0 Å². The van der Waals surface area contributed by atoms with Crippen LogP contribution in [-0.4, -0.2) is 28.9 Å². The number of hydrogen-bond donors (Lipinski definition) is 4. The largest absolute Gasteiger partial charge is 0.355 e. The number of rotatable bonds is 5. The molecule has 3 aromatic rings. The van der Waals surface area contributed by atoms with E-state index >= 15 is 0 Å². The van der Waals surface area contributed by atoms with Gasteiger partial charge in [-0.15, -0.1) is 5.43 Å². The van der Waals surface area contributed by atoms with Crippen LogP contribution in [-0.2, 0) is 6.42 Å². The second-order valence-corrected chi connectivity index (χ2v) is 5.30. The molecule has 2 aromatic carbocycles. The quantitative estimate of drug-likeness (QED) is 0.253. The lowest BCUT2D eigenvalue weighted by Gasteiger charge is -2.07. The third kappa shape index (κ3) is 3.58. The summed E-state index contributed by atoms with van der Waals surface area (Å²) in [6, 6.07) is 18.2. The highest BCUT2D eigenvalue weighted by Gasteiger charge is 2.14. The van der Waals surface area contributed by atoms with Crippen LogP contribution in [0.4, 0.5) is 5.69 Å². The number of hydrogen-bond acceptors (Lipinski definition) is 1. The van der Waals surface area contributed by atoms with Crippen molar-refractivity contribution in [2.24, 2.45) is 0 Å². The molecule has 5 nitrogen and oxygen atoms in total. The fourth-order valence-electron chi connectivity index (χ4n) is 2.49. The topological polar surface area (TPSA) is 66.7 Å². The first kappa shape index (κ1) is 14.8. The second kappa shape index (κ2) is 6.79. The molecule has 0 spiro atoms. The van der Waals surface area contributed by atoms with E-state index < -0.39 is 0 Å². The number of benzene rings is 2. The number of aromatic nitrogens is 1. The van der Waals surface area contributed by atoms with Crippen molar-refractivity contribution in [1.82, 2.24) is 15.7 Å². The van der Waals surface area contributed by atoms with E-state index in [0.29, 0.717) is 6.54 Å². The van der Waals surface area contributed by atoms with Gasteiger partial charge < -0.3 is 10.3 Å². The van der Waals surface area contributed by atoms with Gasteiger partial charge in [-0.25, -0.2) is 0 Å². The summed E-state index contributed by atoms with van der Waals surface area (Å²) in [4.78, 5) is 3.19. The van der Waals surface area contributed by atoms with Gasteiger partial charge >= 0.3 is 0 Å². The number of nitrogens with zero attached hydrogens (tertiary/aromatic N) is 1. The monoisotopic (exact) mass is 306 g/mol. The maximum absolute atomic E-state index is 7.98. The summed E-state index contributed by atoms with van der Waals surface area (Å²) in [6.07, 6.45) is 2.75. The summed E-state index contributed by atoms with van der Waals surface area (Å²) in [6.45, 7) is 4.65. The lowest BCUT2D eigenvalue weighted by atomic mass is 10.1. The summed E-state index contributed by atoms with van der Waals surface area (Å²) in [7, 11) is 0. The van der Waals surface area contributed by atoms with Gasteiger partial charge in [0.2, 0.25) is 5.96 Å². The second-order valence-electron chi connectivity index (χ2n) is 5.30. The van der Waals surface area contributed by atoms with Gasteiger partial charge in [0, 0.05) is 6.54 Å². The lowest BCUT2D eigenvalue weighted by molar-refractivity contribution is -0.477. The molecule has 0 aliphatic carbocycles. The number of fused-ring (bicyclic) bond motifs is 1. The maximum Gasteiger partial charge on any atom is 0.260 e. The maximum atomic E-state index is 7.98. The van der Waals surface area contributed by atoms with Gasteiger partial charge in [-0.3, -0.25) is 5.41 Å². The first-order valence-corrected chi connectivity index (χ1v) is 7.54. The van der Waals surface area contributed by atoms with Gasteiger partial charge in [0.25, 0.3) is 5.69 Å². The average Bonchev–Trinajstić information content (AvgIpc) is 3.00. The Bertz CT molecular complexity index is 820. The Labute approximate surface area is 135 Å². The molecule has 0 radical (unpaired) electrons. The summed E-state index contributed by atoms with van der Waals surface area (Å²) >= 11 is 0. The van der Waals surface area contributed by atoms with E-state index in [1.165, 1.54) is 5.56 Å². The van der Waals surface area contributed by atoms with Crippen LogP contribution in [0.5, 0.6) is 0 Å². The van der Waals surface area contributed by atoms with Crippen LogP contribution in [0.2, 0.25) is 0 Å². The van der Waals surface area contributed by atoms with E-state index in [-0.39, 0.29) is 5.96 Å². The molecular weight excluding hydrogens is 286 g/mol. The summed E-state index contributed by atoms with van der Waals surface area (Å²) in [5.74, 6) is 0.223. The third-order valence-electron chi connectivity index (χ3n) is 3.66. The number of aromatic amines is 1. The Morgan fingerprint density at radius 3 is 2.65 bits per heavy atom. The Morgan fingerprint density at radius 2 is 1.83 bits per heavy atom. The smallest absolute Gasteiger partial charge is 0.260 e. The predicted molar refractivity (Wildman–Crippen MR) is 94.4 cm³/mol. The van der Waals surface area contributed by atoms with Crippen molar-refractivity contribution in [3.8, 4) is 0 Å². The third-order valence-corrected chi connectivity index (χ3v) is 3.66. The molecule has 5 heteroatoms. The molecule has 0 saturated carbocycles. The number of hydrazone groups is 1. The van der Waals surface area contributed by atoms with Crippen LogP contribution in [0.1, 0.15) is 5.56 Å². The molecule has 0 atom stereocenters. The highest BCUT2D eigenvalue weighted by atomic mass is 15.5. The molecule has 1 heterocycles. The van der Waals surface area contributed by atoms with Crippen LogP contribution < -0.4 is 10.7 Å². The summed E-state index contributed by atoms with van der Waals surface area (Å²) in [5.41, 5.74) is 6.12. The minimum Gasteiger partial charge on any atom is -0.355 e. The van der Waals surface area contributed by atoms with E-state index in [1.54, 1.807) is 4.68 Å². The van der Waals surface area contributed by atoms with Crippen molar-refractivity contribution in [3.63, 3.8) is 0 Å². The van der Waals surface area contributed by atoms with Gasteiger partial charge in [-0.05, 0) is 24.1 Å². The number of para-hydroxylation sites is 1. The van der Waals surface area contributed by atoms with Crippen LogP contribution in [0.25, 0.3) is 10.9 Å². The number of nitrogens with one attached hydrogen (secondary N) is 4. The molecule has 116 valence electrons. The van der Waals surface area contributed by atoms with Crippen LogP contribution in [0.15, 0.2) is 60.8 Å². The fraction of sp³-hybridized carbons (Fsp3) is 0.111. The van der Waals surface area contributed by atoms with Crippen LogP contribution in [0, 0.1) is 5.41 Å². The van der Waals surface area contributed by atoms with Crippen molar-refractivity contribution < 1.29 is 4.68 Å². The molecule has 3 rings (SSSR count). The zero-order chi connectivity index (χ0) is 16.1. The van der Waals surface area contributed by atoms with E-state index in [2.05, 4.69) is 34.6 Å². The molecule has 0 aliphatic rings. The van der Waals surface area contributed by atoms with Crippen molar-refractivity contribution in [2.45, 2.75) is 6.42 Å². The molecule has 0 unspecified atom stereocenters. The summed E-state index contributed by atoms with van der Waals surface area (Å²) in [5, 5.41) is 12.1.